The van der Waals surface area contributed by atoms with Gasteiger partial charge in [-0.2, -0.15) is 5.26 Å². The first-order valence-corrected chi connectivity index (χ1v) is 6.72. The van der Waals surface area contributed by atoms with Crippen LogP contribution in [0.3, 0.4) is 0 Å². The first-order valence-electron chi connectivity index (χ1n) is 6.72. The highest BCUT2D eigenvalue weighted by Gasteiger charge is 2.11. The number of benzene rings is 1. The number of carbonyl (C=O) groups excluding carboxylic acids is 1. The smallest absolute Gasteiger partial charge is 0.348 e. The van der Waals surface area contributed by atoms with Gasteiger partial charge >= 0.3 is 5.97 Å². The molecule has 0 fully saturated rings. The van der Waals surface area contributed by atoms with Crippen LogP contribution in [0.4, 0.5) is 0 Å². The lowest BCUT2D eigenvalue weighted by Crippen LogP contribution is -2.07. The Morgan fingerprint density at radius 2 is 2.05 bits per heavy atom. The topological polar surface area (TPSA) is 55.0 Å². The van der Waals surface area contributed by atoms with Crippen LogP contribution >= 0.6 is 0 Å². The van der Waals surface area contributed by atoms with Crippen molar-refractivity contribution in [2.45, 2.75) is 13.5 Å². The number of hydrogen-bond acceptors (Lipinski definition) is 3. The van der Waals surface area contributed by atoms with Crippen molar-refractivity contribution in [1.29, 1.82) is 5.26 Å². The Morgan fingerprint density at radius 1 is 1.29 bits per heavy atom. The fourth-order valence-corrected chi connectivity index (χ4v) is 1.98. The summed E-state index contributed by atoms with van der Waals surface area (Å²) in [4.78, 5) is 11.6. The zero-order chi connectivity index (χ0) is 15.1. The minimum atomic E-state index is -0.590. The molecule has 0 amide bonds. The normalized spacial score (nSPS) is 11.0. The fraction of sp³-hybridized carbons (Fsp3) is 0.176. The first kappa shape index (κ1) is 14.6. The molecular weight excluding hydrogens is 264 g/mol. The third-order valence-corrected chi connectivity index (χ3v) is 2.97. The molecule has 106 valence electrons. The monoisotopic (exact) mass is 280 g/mol. The van der Waals surface area contributed by atoms with Gasteiger partial charge < -0.3 is 9.30 Å². The molecule has 0 saturated heterocycles. The van der Waals surface area contributed by atoms with E-state index in [4.69, 9.17) is 10.00 Å². The zero-order valence-corrected chi connectivity index (χ0v) is 11.8. The Kier molecular flexibility index (Phi) is 4.94. The highest BCUT2D eigenvalue weighted by Crippen LogP contribution is 2.12. The van der Waals surface area contributed by atoms with E-state index in [0.717, 1.165) is 11.3 Å². The predicted octanol–water partition coefficient (Wildman–Crippen LogP) is 3.01. The molecule has 0 aliphatic rings. The maximum absolute atomic E-state index is 11.6. The Hall–Kier alpha value is -2.80. The van der Waals surface area contributed by atoms with Gasteiger partial charge in [-0.15, -0.1) is 0 Å². The molecule has 1 aromatic heterocycles. The number of carbonyl (C=O) groups is 1. The van der Waals surface area contributed by atoms with Crippen LogP contribution in [0, 0.1) is 11.3 Å². The quantitative estimate of drug-likeness (QED) is 0.480. The van der Waals surface area contributed by atoms with Crippen molar-refractivity contribution in [1.82, 2.24) is 4.57 Å². The second kappa shape index (κ2) is 7.11. The number of hydrogen-bond donors (Lipinski definition) is 0. The van der Waals surface area contributed by atoms with E-state index in [9.17, 15) is 4.79 Å². The van der Waals surface area contributed by atoms with Crippen LogP contribution in [-0.4, -0.2) is 17.1 Å². The maximum atomic E-state index is 11.6. The molecule has 0 bridgehead atoms. The summed E-state index contributed by atoms with van der Waals surface area (Å²) in [6.45, 7) is 2.65. The summed E-state index contributed by atoms with van der Waals surface area (Å²) in [7, 11) is 0. The third kappa shape index (κ3) is 3.83. The minimum absolute atomic E-state index is 0.00450. The number of nitriles is 1. The molecule has 4 heteroatoms. The third-order valence-electron chi connectivity index (χ3n) is 2.97. The van der Waals surface area contributed by atoms with Crippen LogP contribution in [0.2, 0.25) is 0 Å². The van der Waals surface area contributed by atoms with Gasteiger partial charge in [0, 0.05) is 18.4 Å². The van der Waals surface area contributed by atoms with Crippen molar-refractivity contribution in [2.75, 3.05) is 6.61 Å². The van der Waals surface area contributed by atoms with Crippen LogP contribution in [0.15, 0.2) is 54.2 Å². The lowest BCUT2D eigenvalue weighted by atomic mass is 10.2. The van der Waals surface area contributed by atoms with E-state index in [-0.39, 0.29) is 12.2 Å². The molecule has 1 heterocycles. The fourth-order valence-electron chi connectivity index (χ4n) is 1.98. The molecule has 0 atom stereocenters. The van der Waals surface area contributed by atoms with E-state index in [0.29, 0.717) is 6.54 Å². The number of aromatic nitrogens is 1. The molecule has 0 saturated carbocycles. The van der Waals surface area contributed by atoms with E-state index in [1.54, 1.807) is 13.0 Å². The molecule has 0 unspecified atom stereocenters. The lowest BCUT2D eigenvalue weighted by molar-refractivity contribution is -0.137. The second-order valence-corrected chi connectivity index (χ2v) is 4.44. The Morgan fingerprint density at radius 3 is 2.71 bits per heavy atom. The van der Waals surface area contributed by atoms with Crippen LogP contribution in [-0.2, 0) is 16.1 Å². The molecular formula is C17H16N2O2. The number of rotatable bonds is 5. The molecule has 0 aliphatic carbocycles. The number of esters is 1. The van der Waals surface area contributed by atoms with Crippen molar-refractivity contribution < 1.29 is 9.53 Å². The molecule has 2 rings (SSSR count). The van der Waals surface area contributed by atoms with Crippen molar-refractivity contribution in [2.24, 2.45) is 0 Å². The average molecular weight is 280 g/mol. The summed E-state index contributed by atoms with van der Waals surface area (Å²) < 4.78 is 6.84. The van der Waals surface area contributed by atoms with Gasteiger partial charge in [-0.05, 0) is 30.7 Å². The summed E-state index contributed by atoms with van der Waals surface area (Å²) in [5.41, 5.74) is 1.95. The van der Waals surface area contributed by atoms with Gasteiger partial charge in [-0.3, -0.25) is 0 Å². The van der Waals surface area contributed by atoms with Crippen LogP contribution in [0.5, 0.6) is 0 Å². The second-order valence-electron chi connectivity index (χ2n) is 4.44. The molecule has 4 nitrogen and oxygen atoms in total. The van der Waals surface area contributed by atoms with Gasteiger partial charge in [0.25, 0.3) is 0 Å². The Bertz CT molecular complexity index is 678. The lowest BCUT2D eigenvalue weighted by Gasteiger charge is -2.07. The standard InChI is InChI=1S/C17H16N2O2/c1-2-21-17(20)15(12-18)11-16-9-6-10-19(16)13-14-7-4-3-5-8-14/h3-11H,2,13H2,1H3. The van der Waals surface area contributed by atoms with Gasteiger partial charge in [0.1, 0.15) is 11.6 Å². The van der Waals surface area contributed by atoms with Gasteiger partial charge in [-0.25, -0.2) is 4.79 Å². The molecule has 2 aromatic rings. The highest BCUT2D eigenvalue weighted by atomic mass is 16.5. The van der Waals surface area contributed by atoms with E-state index in [2.05, 4.69) is 0 Å². The Balaban J connectivity index is 2.24. The van der Waals surface area contributed by atoms with E-state index >= 15 is 0 Å². The minimum Gasteiger partial charge on any atom is -0.462 e. The van der Waals surface area contributed by atoms with Crippen LogP contribution < -0.4 is 0 Å². The van der Waals surface area contributed by atoms with Crippen molar-refractivity contribution in [3.8, 4) is 6.07 Å². The molecule has 0 aliphatic heterocycles. The van der Waals surface area contributed by atoms with E-state index < -0.39 is 5.97 Å². The maximum Gasteiger partial charge on any atom is 0.348 e. The van der Waals surface area contributed by atoms with Gasteiger partial charge in [0.2, 0.25) is 0 Å². The molecule has 0 spiro atoms. The molecule has 21 heavy (non-hydrogen) atoms. The predicted molar refractivity (Wildman–Crippen MR) is 80.2 cm³/mol. The zero-order valence-electron chi connectivity index (χ0n) is 11.8. The summed E-state index contributed by atoms with van der Waals surface area (Å²) in [6.07, 6.45) is 3.47. The van der Waals surface area contributed by atoms with Gasteiger partial charge in [0.15, 0.2) is 0 Å². The SMILES string of the molecule is CCOC(=O)C(C#N)=Cc1cccn1Cc1ccccc1. The number of ether oxygens (including phenoxy) is 1. The van der Waals surface area contributed by atoms with Crippen molar-refractivity contribution in [3.63, 3.8) is 0 Å². The Labute approximate surface area is 123 Å². The highest BCUT2D eigenvalue weighted by molar-refractivity contribution is 5.97. The molecule has 0 N–H and O–H groups in total. The van der Waals surface area contributed by atoms with Crippen LogP contribution in [0.25, 0.3) is 6.08 Å². The van der Waals surface area contributed by atoms with E-state index in [1.165, 1.54) is 0 Å². The average Bonchev–Trinajstić information content (AvgIpc) is 2.93. The summed E-state index contributed by atoms with van der Waals surface area (Å²) in [5, 5.41) is 9.07. The van der Waals surface area contributed by atoms with Crippen molar-refractivity contribution in [3.05, 3.63) is 65.5 Å². The van der Waals surface area contributed by atoms with Crippen LogP contribution in [0.1, 0.15) is 18.2 Å². The molecule has 1 aromatic carbocycles. The molecule has 0 radical (unpaired) electrons. The van der Waals surface area contributed by atoms with Gasteiger partial charge in [0.05, 0.1) is 6.61 Å². The summed E-state index contributed by atoms with van der Waals surface area (Å²) in [6, 6.07) is 15.6. The first-order chi connectivity index (χ1) is 10.2. The van der Waals surface area contributed by atoms with Crippen molar-refractivity contribution >= 4 is 12.0 Å². The largest absolute Gasteiger partial charge is 0.462 e. The van der Waals surface area contributed by atoms with Gasteiger partial charge in [-0.1, -0.05) is 30.3 Å². The van der Waals surface area contributed by atoms with E-state index in [1.807, 2.05) is 59.3 Å². The summed E-state index contributed by atoms with van der Waals surface area (Å²) in [5.74, 6) is -0.590. The number of nitrogens with zero attached hydrogens (tertiary/aromatic N) is 2. The summed E-state index contributed by atoms with van der Waals surface area (Å²) >= 11 is 0.